The molecule has 9 heteroatoms. The molecule has 41 heavy (non-hydrogen) atoms. The first-order valence-corrected chi connectivity index (χ1v) is 14.8. The number of hydrogen-bond donors (Lipinski definition) is 1. The normalized spacial score (nSPS) is 23.5. The second-order valence-corrected chi connectivity index (χ2v) is 12.4. The van der Waals surface area contributed by atoms with Gasteiger partial charge < -0.3 is 9.64 Å². The van der Waals surface area contributed by atoms with Crippen LogP contribution in [0.1, 0.15) is 71.6 Å². The van der Waals surface area contributed by atoms with Crippen molar-refractivity contribution < 1.29 is 19.1 Å². The number of aromatic nitrogens is 2. The summed E-state index contributed by atoms with van der Waals surface area (Å²) in [5.41, 5.74) is 6.36. The van der Waals surface area contributed by atoms with E-state index in [0.29, 0.717) is 31.2 Å². The second kappa shape index (κ2) is 9.27. The number of nitrogens with one attached hydrogen (secondary N) is 1. The molecule has 5 aliphatic rings. The minimum absolute atomic E-state index is 0.0504. The van der Waals surface area contributed by atoms with Gasteiger partial charge >= 0.3 is 0 Å². The smallest absolute Gasteiger partial charge is 0.255 e. The van der Waals surface area contributed by atoms with E-state index in [1.807, 2.05) is 12.3 Å². The Morgan fingerprint density at radius 3 is 2.68 bits per heavy atom. The van der Waals surface area contributed by atoms with E-state index in [4.69, 9.17) is 4.74 Å². The number of ether oxygens (including phenoxy) is 1. The molecule has 1 atom stereocenters. The van der Waals surface area contributed by atoms with Crippen LogP contribution in [0.25, 0.3) is 11.1 Å². The van der Waals surface area contributed by atoms with Gasteiger partial charge in [-0.2, -0.15) is 5.10 Å². The summed E-state index contributed by atoms with van der Waals surface area (Å²) in [5.74, 6) is 0.0153. The van der Waals surface area contributed by atoms with Gasteiger partial charge in [0.1, 0.15) is 11.8 Å². The first-order valence-electron chi connectivity index (χ1n) is 14.8. The Kier molecular flexibility index (Phi) is 5.61. The summed E-state index contributed by atoms with van der Waals surface area (Å²) in [7, 11) is 0. The van der Waals surface area contributed by atoms with Gasteiger partial charge in [0.2, 0.25) is 11.8 Å². The summed E-state index contributed by atoms with van der Waals surface area (Å²) in [5, 5.41) is 6.94. The average molecular weight is 552 g/mol. The number of carbonyl (C=O) groups is 3. The third-order valence-corrected chi connectivity index (χ3v) is 9.73. The van der Waals surface area contributed by atoms with Crippen LogP contribution in [0.5, 0.6) is 5.75 Å². The predicted molar refractivity (Wildman–Crippen MR) is 150 cm³/mol. The molecule has 8 rings (SSSR count). The van der Waals surface area contributed by atoms with Crippen molar-refractivity contribution in [1.29, 1.82) is 0 Å². The lowest BCUT2D eigenvalue weighted by atomic mass is 9.74. The SMILES string of the molecule is O=C1CCC(N2Cc3c(ccc4c3OCC43CCN(Cc4cccc(-c5cnn(C6CC6)c5)c4)CC3)C2=O)C(=O)N1. The Hall–Kier alpha value is -3.98. The third-order valence-electron chi connectivity index (χ3n) is 9.73. The van der Waals surface area contributed by atoms with Crippen LogP contribution in [0.3, 0.4) is 0 Å². The highest BCUT2D eigenvalue weighted by Crippen LogP contribution is 2.49. The van der Waals surface area contributed by atoms with Crippen LogP contribution in [-0.4, -0.2) is 63.0 Å². The zero-order valence-corrected chi connectivity index (χ0v) is 23.0. The van der Waals surface area contributed by atoms with Crippen LogP contribution in [0.2, 0.25) is 0 Å². The van der Waals surface area contributed by atoms with E-state index in [1.165, 1.54) is 35.1 Å². The first-order chi connectivity index (χ1) is 20.0. The average Bonchev–Trinajstić information content (AvgIpc) is 3.45. The summed E-state index contributed by atoms with van der Waals surface area (Å²) >= 11 is 0. The molecule has 1 saturated carbocycles. The molecule has 1 aromatic heterocycles. The van der Waals surface area contributed by atoms with Gasteiger partial charge in [0, 0.05) is 46.8 Å². The van der Waals surface area contributed by atoms with Crippen LogP contribution < -0.4 is 10.1 Å². The number of imide groups is 1. The van der Waals surface area contributed by atoms with Crippen molar-refractivity contribution in [3.05, 3.63) is 71.0 Å². The highest BCUT2D eigenvalue weighted by Gasteiger charge is 2.47. The number of fused-ring (bicyclic) bond motifs is 4. The van der Waals surface area contributed by atoms with Gasteiger partial charge in [-0.05, 0) is 68.5 Å². The molecule has 0 bridgehead atoms. The zero-order valence-electron chi connectivity index (χ0n) is 23.0. The van der Waals surface area contributed by atoms with Crippen LogP contribution in [0.4, 0.5) is 0 Å². The molecule has 1 spiro atoms. The highest BCUT2D eigenvalue weighted by molar-refractivity contribution is 6.05. The molecule has 9 nitrogen and oxygen atoms in total. The number of likely N-dealkylation sites (tertiary alicyclic amines) is 1. The first kappa shape index (κ1) is 24.8. The van der Waals surface area contributed by atoms with E-state index in [9.17, 15) is 14.4 Å². The number of hydrogen-bond acceptors (Lipinski definition) is 6. The Balaban J connectivity index is 0.957. The van der Waals surface area contributed by atoms with E-state index >= 15 is 0 Å². The molecule has 3 amide bonds. The number of nitrogens with zero attached hydrogens (tertiary/aromatic N) is 4. The molecular weight excluding hydrogens is 518 g/mol. The molecule has 5 heterocycles. The maximum Gasteiger partial charge on any atom is 0.255 e. The Labute approximate surface area is 238 Å². The van der Waals surface area contributed by atoms with E-state index < -0.39 is 6.04 Å². The fraction of sp³-hybridized carbons (Fsp3) is 0.438. The molecule has 1 aliphatic carbocycles. The van der Waals surface area contributed by atoms with Crippen molar-refractivity contribution in [2.45, 2.75) is 69.1 Å². The topological polar surface area (TPSA) is 96.8 Å². The van der Waals surface area contributed by atoms with Crippen LogP contribution >= 0.6 is 0 Å². The summed E-state index contributed by atoms with van der Waals surface area (Å²) in [6.45, 7) is 3.84. The lowest BCUT2D eigenvalue weighted by Gasteiger charge is -2.38. The van der Waals surface area contributed by atoms with Crippen LogP contribution in [-0.2, 0) is 28.1 Å². The summed E-state index contributed by atoms with van der Waals surface area (Å²) < 4.78 is 8.45. The molecule has 0 radical (unpaired) electrons. The van der Waals surface area contributed by atoms with Gasteiger partial charge in [-0.15, -0.1) is 0 Å². The van der Waals surface area contributed by atoms with Crippen molar-refractivity contribution in [2.75, 3.05) is 19.7 Å². The van der Waals surface area contributed by atoms with Crippen LogP contribution in [0, 0.1) is 0 Å². The largest absolute Gasteiger partial charge is 0.492 e. The Morgan fingerprint density at radius 1 is 1.02 bits per heavy atom. The predicted octanol–water partition coefficient (Wildman–Crippen LogP) is 3.57. The van der Waals surface area contributed by atoms with Gasteiger partial charge in [-0.25, -0.2) is 0 Å². The summed E-state index contributed by atoms with van der Waals surface area (Å²) in [6.07, 6.45) is 9.22. The molecule has 3 fully saturated rings. The minimum Gasteiger partial charge on any atom is -0.492 e. The molecule has 2 saturated heterocycles. The third kappa shape index (κ3) is 4.17. The number of amides is 3. The second-order valence-electron chi connectivity index (χ2n) is 12.4. The van der Waals surface area contributed by atoms with Crippen molar-refractivity contribution in [3.63, 3.8) is 0 Å². The van der Waals surface area contributed by atoms with Gasteiger partial charge in [-0.3, -0.25) is 29.3 Å². The monoisotopic (exact) mass is 551 g/mol. The fourth-order valence-corrected chi connectivity index (χ4v) is 7.17. The number of benzene rings is 2. The van der Waals surface area contributed by atoms with Crippen molar-refractivity contribution >= 4 is 17.7 Å². The molecule has 3 aromatic rings. The fourth-order valence-electron chi connectivity index (χ4n) is 7.17. The zero-order chi connectivity index (χ0) is 27.7. The molecule has 1 N–H and O–H groups in total. The van der Waals surface area contributed by atoms with Crippen molar-refractivity contribution in [3.8, 4) is 16.9 Å². The van der Waals surface area contributed by atoms with Crippen molar-refractivity contribution in [2.24, 2.45) is 0 Å². The molecular formula is C32H33N5O4. The van der Waals surface area contributed by atoms with Crippen LogP contribution in [0.15, 0.2) is 48.8 Å². The van der Waals surface area contributed by atoms with Gasteiger partial charge in [0.05, 0.1) is 25.4 Å². The number of rotatable bonds is 5. The quantitative estimate of drug-likeness (QED) is 0.487. The molecule has 210 valence electrons. The van der Waals surface area contributed by atoms with E-state index in [2.05, 4.69) is 56.5 Å². The van der Waals surface area contributed by atoms with Gasteiger partial charge in [0.25, 0.3) is 5.91 Å². The van der Waals surface area contributed by atoms with E-state index in [-0.39, 0.29) is 29.6 Å². The maximum absolute atomic E-state index is 13.2. The van der Waals surface area contributed by atoms with Crippen molar-refractivity contribution in [1.82, 2.24) is 24.9 Å². The number of piperidine rings is 2. The van der Waals surface area contributed by atoms with Gasteiger partial charge in [-0.1, -0.05) is 24.3 Å². The number of carbonyl (C=O) groups excluding carboxylic acids is 3. The summed E-state index contributed by atoms with van der Waals surface area (Å²) in [6, 6.07) is 12.8. The lowest BCUT2D eigenvalue weighted by molar-refractivity contribution is -0.136. The molecule has 4 aliphatic heterocycles. The highest BCUT2D eigenvalue weighted by atomic mass is 16.5. The standard InChI is InChI=1S/C32H33N5O4/c38-28-9-8-27(30(39)34-28)36-18-25-24(31(36)40)6-7-26-29(25)41-19-32(26)10-12-35(13-11-32)16-20-2-1-3-21(14-20)22-15-33-37(17-22)23-4-5-23/h1-3,6-7,14-15,17,23,27H,4-5,8-13,16,18-19H2,(H,34,38,39). The molecule has 1 unspecified atom stereocenters. The Bertz CT molecular complexity index is 1580. The van der Waals surface area contributed by atoms with E-state index in [1.54, 1.807) is 4.90 Å². The van der Waals surface area contributed by atoms with Gasteiger partial charge in [0.15, 0.2) is 0 Å². The summed E-state index contributed by atoms with van der Waals surface area (Å²) in [4.78, 5) is 41.5. The maximum atomic E-state index is 13.2. The molecule has 2 aromatic carbocycles. The van der Waals surface area contributed by atoms with E-state index in [0.717, 1.165) is 43.8 Å². The minimum atomic E-state index is -0.616. The lowest BCUT2D eigenvalue weighted by Crippen LogP contribution is -2.52. The Morgan fingerprint density at radius 2 is 1.88 bits per heavy atom.